The fourth-order valence-electron chi connectivity index (χ4n) is 2.03. The molecule has 0 amide bonds. The Morgan fingerprint density at radius 1 is 1.48 bits per heavy atom. The number of hydrogen-bond acceptors (Lipinski definition) is 4. The van der Waals surface area contributed by atoms with Crippen LogP contribution in [-0.4, -0.2) is 14.5 Å². The maximum absolute atomic E-state index is 13.9. The number of benzene rings is 1. The fourth-order valence-corrected chi connectivity index (χ4v) is 3.27. The topological polar surface area (TPSA) is 50.7 Å². The van der Waals surface area contributed by atoms with Gasteiger partial charge in [-0.3, -0.25) is 4.79 Å². The van der Waals surface area contributed by atoms with Gasteiger partial charge in [-0.2, -0.15) is 0 Å². The number of H-pyrrole nitrogens is 1. The van der Waals surface area contributed by atoms with Gasteiger partial charge in [-0.15, -0.1) is 6.58 Å². The van der Waals surface area contributed by atoms with Crippen LogP contribution >= 0.6 is 23.6 Å². The lowest BCUT2D eigenvalue weighted by Crippen LogP contribution is -2.10. The maximum Gasteiger partial charge on any atom is 0.270 e. The molecule has 3 aromatic rings. The predicted octanol–water partition coefficient (Wildman–Crippen LogP) is 3.51. The number of aromatic amines is 1. The summed E-state index contributed by atoms with van der Waals surface area (Å²) in [6.45, 7) is 4.11. The number of fused-ring (bicyclic) bond motifs is 1. The van der Waals surface area contributed by atoms with Gasteiger partial charge in [0.15, 0.2) is 9.60 Å². The molecule has 4 nitrogen and oxygen atoms in total. The molecule has 0 aliphatic rings. The van der Waals surface area contributed by atoms with Crippen molar-refractivity contribution in [3.05, 3.63) is 57.0 Å². The van der Waals surface area contributed by atoms with Crippen molar-refractivity contribution in [3.63, 3.8) is 0 Å². The Kier molecular flexibility index (Phi) is 3.52. The Labute approximate surface area is 128 Å². The Balaban J connectivity index is 2.35. The Bertz CT molecular complexity index is 955. The third-order valence-corrected chi connectivity index (χ3v) is 4.40. The van der Waals surface area contributed by atoms with Crippen LogP contribution < -0.4 is 5.56 Å². The molecule has 0 fully saturated rings. The van der Waals surface area contributed by atoms with Crippen molar-refractivity contribution in [1.82, 2.24) is 14.5 Å². The molecule has 0 spiro atoms. The molecule has 0 saturated heterocycles. The van der Waals surface area contributed by atoms with E-state index in [-0.39, 0.29) is 16.9 Å². The van der Waals surface area contributed by atoms with Gasteiger partial charge in [0.2, 0.25) is 0 Å². The highest BCUT2D eigenvalue weighted by Crippen LogP contribution is 2.22. The van der Waals surface area contributed by atoms with E-state index in [1.807, 2.05) is 0 Å². The monoisotopic (exact) mass is 319 g/mol. The number of rotatable bonds is 3. The van der Waals surface area contributed by atoms with E-state index in [4.69, 9.17) is 12.2 Å². The third kappa shape index (κ3) is 2.34. The molecular weight excluding hydrogens is 309 g/mol. The second kappa shape index (κ2) is 5.34. The first-order valence-corrected chi connectivity index (χ1v) is 7.33. The first-order chi connectivity index (χ1) is 10.1. The average Bonchev–Trinajstić information content (AvgIpc) is 2.77. The van der Waals surface area contributed by atoms with Crippen LogP contribution in [0.15, 0.2) is 41.7 Å². The van der Waals surface area contributed by atoms with Gasteiger partial charge in [0.1, 0.15) is 16.3 Å². The molecule has 1 N–H and O–H groups in total. The summed E-state index contributed by atoms with van der Waals surface area (Å²) in [6, 6.07) is 6.16. The van der Waals surface area contributed by atoms with Gasteiger partial charge < -0.3 is 9.55 Å². The number of nitrogens with one attached hydrogen (secondary N) is 1. The molecular formula is C14H10FN3OS2. The Morgan fingerprint density at radius 2 is 2.24 bits per heavy atom. The predicted molar refractivity (Wildman–Crippen MR) is 84.7 cm³/mol. The van der Waals surface area contributed by atoms with Crippen molar-refractivity contribution in [3.8, 4) is 11.4 Å². The van der Waals surface area contributed by atoms with Crippen LogP contribution in [0.5, 0.6) is 0 Å². The van der Waals surface area contributed by atoms with Gasteiger partial charge in [0.25, 0.3) is 5.56 Å². The summed E-state index contributed by atoms with van der Waals surface area (Å²) in [6.07, 6.45) is 1.67. The van der Waals surface area contributed by atoms with Crippen LogP contribution in [0.1, 0.15) is 0 Å². The smallest absolute Gasteiger partial charge is 0.270 e. The zero-order valence-corrected chi connectivity index (χ0v) is 12.4. The van der Waals surface area contributed by atoms with E-state index in [0.29, 0.717) is 20.8 Å². The van der Waals surface area contributed by atoms with E-state index in [0.717, 1.165) is 0 Å². The van der Waals surface area contributed by atoms with Gasteiger partial charge in [-0.1, -0.05) is 29.5 Å². The first kappa shape index (κ1) is 13.8. The second-order valence-corrected chi connectivity index (χ2v) is 5.96. The zero-order chi connectivity index (χ0) is 15.0. The van der Waals surface area contributed by atoms with Crippen molar-refractivity contribution in [2.24, 2.45) is 0 Å². The molecule has 7 heteroatoms. The van der Waals surface area contributed by atoms with Crippen molar-refractivity contribution in [2.45, 2.75) is 6.54 Å². The summed E-state index contributed by atoms with van der Waals surface area (Å²) in [4.78, 5) is 19.1. The van der Waals surface area contributed by atoms with Crippen LogP contribution in [-0.2, 0) is 6.54 Å². The molecule has 0 radical (unpaired) electrons. The number of nitrogens with zero attached hydrogens (tertiary/aromatic N) is 2. The van der Waals surface area contributed by atoms with Crippen molar-refractivity contribution >= 4 is 33.9 Å². The number of thiazole rings is 1. The number of aromatic nitrogens is 3. The lowest BCUT2D eigenvalue weighted by atomic mass is 10.2. The standard InChI is InChI=1S/C14H10FN3OS2/c1-2-7-18-12-10(21-14(18)20)13(19)17-11(16-12)8-5-3-4-6-9(8)15/h2-6H,1,7H2,(H,16,17,19). The fraction of sp³-hybridized carbons (Fsp3) is 0.0714. The molecule has 21 heavy (non-hydrogen) atoms. The maximum atomic E-state index is 13.9. The lowest BCUT2D eigenvalue weighted by Gasteiger charge is -2.04. The highest BCUT2D eigenvalue weighted by atomic mass is 32.1. The molecule has 2 aromatic heterocycles. The van der Waals surface area contributed by atoms with E-state index in [9.17, 15) is 9.18 Å². The summed E-state index contributed by atoms with van der Waals surface area (Å²) >= 11 is 6.41. The van der Waals surface area contributed by atoms with Crippen LogP contribution in [0.2, 0.25) is 0 Å². The molecule has 0 saturated carbocycles. The van der Waals surface area contributed by atoms with Gasteiger partial charge in [0, 0.05) is 6.54 Å². The van der Waals surface area contributed by atoms with Crippen molar-refractivity contribution in [2.75, 3.05) is 0 Å². The summed E-state index contributed by atoms with van der Waals surface area (Å²) in [5.74, 6) is -0.250. The van der Waals surface area contributed by atoms with Crippen molar-refractivity contribution < 1.29 is 4.39 Å². The molecule has 0 bridgehead atoms. The van der Waals surface area contributed by atoms with E-state index >= 15 is 0 Å². The average molecular weight is 319 g/mol. The van der Waals surface area contributed by atoms with Gasteiger partial charge >= 0.3 is 0 Å². The quantitative estimate of drug-likeness (QED) is 0.594. The highest BCUT2D eigenvalue weighted by Gasteiger charge is 2.14. The molecule has 2 heterocycles. The Morgan fingerprint density at radius 3 is 2.95 bits per heavy atom. The minimum absolute atomic E-state index is 0.191. The highest BCUT2D eigenvalue weighted by molar-refractivity contribution is 7.73. The summed E-state index contributed by atoms with van der Waals surface area (Å²) in [5.41, 5.74) is 0.378. The molecule has 0 aliphatic carbocycles. The largest absolute Gasteiger partial charge is 0.305 e. The minimum atomic E-state index is -0.441. The molecule has 3 rings (SSSR count). The van der Waals surface area contributed by atoms with E-state index in [2.05, 4.69) is 16.5 Å². The van der Waals surface area contributed by atoms with Gasteiger partial charge in [-0.25, -0.2) is 9.37 Å². The third-order valence-electron chi connectivity index (χ3n) is 2.97. The molecule has 0 aliphatic heterocycles. The van der Waals surface area contributed by atoms with Crippen LogP contribution in [0, 0.1) is 9.77 Å². The van der Waals surface area contributed by atoms with Gasteiger partial charge in [-0.05, 0) is 24.4 Å². The molecule has 0 atom stereocenters. The van der Waals surface area contributed by atoms with E-state index in [1.54, 1.807) is 28.8 Å². The van der Waals surface area contributed by atoms with E-state index in [1.165, 1.54) is 17.4 Å². The van der Waals surface area contributed by atoms with Gasteiger partial charge in [0.05, 0.1) is 5.56 Å². The molecule has 0 unspecified atom stereocenters. The summed E-state index contributed by atoms with van der Waals surface area (Å²) < 4.78 is 16.5. The second-order valence-electron chi connectivity index (χ2n) is 4.31. The number of allylic oxidation sites excluding steroid dienone is 1. The van der Waals surface area contributed by atoms with E-state index < -0.39 is 5.82 Å². The van der Waals surface area contributed by atoms with Crippen LogP contribution in [0.25, 0.3) is 21.7 Å². The Hall–Kier alpha value is -2.12. The summed E-state index contributed by atoms with van der Waals surface area (Å²) in [7, 11) is 0. The molecule has 1 aromatic carbocycles. The van der Waals surface area contributed by atoms with Crippen molar-refractivity contribution in [1.29, 1.82) is 0 Å². The minimum Gasteiger partial charge on any atom is -0.305 e. The van der Waals surface area contributed by atoms with Crippen LogP contribution in [0.4, 0.5) is 4.39 Å². The summed E-state index contributed by atoms with van der Waals surface area (Å²) in [5, 5.41) is 0. The normalized spacial score (nSPS) is 10.9. The number of hydrogen-bond donors (Lipinski definition) is 1. The lowest BCUT2D eigenvalue weighted by molar-refractivity contribution is 0.630. The molecule has 106 valence electrons. The first-order valence-electron chi connectivity index (χ1n) is 6.11. The SMILES string of the molecule is C=CCn1c(=S)sc2c(=O)[nH]c(-c3ccccc3F)nc21. The van der Waals surface area contributed by atoms with Crippen LogP contribution in [0.3, 0.4) is 0 Å². The number of halogens is 1. The zero-order valence-electron chi connectivity index (χ0n) is 10.8.